The summed E-state index contributed by atoms with van der Waals surface area (Å²) in [5.41, 5.74) is 3.76. The zero-order valence-electron chi connectivity index (χ0n) is 19.5. The molecule has 2 aromatic heterocycles. The van der Waals surface area contributed by atoms with Crippen molar-refractivity contribution >= 4 is 17.5 Å². The lowest BCUT2D eigenvalue weighted by Crippen LogP contribution is -2.37. The van der Waals surface area contributed by atoms with E-state index in [1.807, 2.05) is 26.0 Å². The van der Waals surface area contributed by atoms with E-state index in [1.165, 1.54) is 12.1 Å². The molecule has 5 rings (SSSR count). The molecule has 0 fully saturated rings. The maximum Gasteiger partial charge on any atom is 0.275 e. The van der Waals surface area contributed by atoms with Gasteiger partial charge in [0.05, 0.1) is 22.8 Å². The summed E-state index contributed by atoms with van der Waals surface area (Å²) in [6.07, 6.45) is 3.61. The normalized spacial score (nSPS) is 13.2. The van der Waals surface area contributed by atoms with Gasteiger partial charge < -0.3 is 9.32 Å². The van der Waals surface area contributed by atoms with Gasteiger partial charge in [-0.2, -0.15) is 5.10 Å². The van der Waals surface area contributed by atoms with E-state index in [1.54, 1.807) is 33.8 Å². The first-order valence-electron chi connectivity index (χ1n) is 11.7. The molecule has 1 amide bonds. The maximum atomic E-state index is 13.8. The molecule has 2 heterocycles. The lowest BCUT2D eigenvalue weighted by Gasteiger charge is -2.25. The van der Waals surface area contributed by atoms with Crippen molar-refractivity contribution in [1.29, 1.82) is 0 Å². The molecule has 0 saturated heterocycles. The van der Waals surface area contributed by atoms with Gasteiger partial charge in [-0.05, 0) is 75.9 Å². The number of amides is 1. The third kappa shape index (κ3) is 4.58. The number of carbonyl (C=O) groups is 1. The first-order valence-corrected chi connectivity index (χ1v) is 12.0. The van der Waals surface area contributed by atoms with Crippen molar-refractivity contribution < 1.29 is 13.6 Å². The molecular formula is C26H25ClFN5O2. The molecule has 0 saturated carbocycles. The van der Waals surface area contributed by atoms with Crippen molar-refractivity contribution in [1.82, 2.24) is 24.9 Å². The molecule has 1 aliphatic rings. The van der Waals surface area contributed by atoms with Crippen molar-refractivity contribution in [2.45, 2.75) is 52.1 Å². The topological polar surface area (TPSA) is 77.1 Å². The molecule has 2 aromatic carbocycles. The molecule has 0 radical (unpaired) electrons. The summed E-state index contributed by atoms with van der Waals surface area (Å²) < 4.78 is 21.1. The van der Waals surface area contributed by atoms with Gasteiger partial charge in [-0.3, -0.25) is 4.79 Å². The highest BCUT2D eigenvalue weighted by atomic mass is 35.5. The second kappa shape index (κ2) is 9.62. The smallest absolute Gasteiger partial charge is 0.275 e. The summed E-state index contributed by atoms with van der Waals surface area (Å²) in [6.45, 7) is 4.02. The lowest BCUT2D eigenvalue weighted by molar-refractivity contribution is 0.0664. The number of hydrogen-bond donors (Lipinski definition) is 0. The van der Waals surface area contributed by atoms with Gasteiger partial charge in [-0.1, -0.05) is 23.7 Å². The number of hydrogen-bond acceptors (Lipinski definition) is 5. The molecule has 0 unspecified atom stereocenters. The van der Waals surface area contributed by atoms with Gasteiger partial charge in [0.25, 0.3) is 5.91 Å². The van der Waals surface area contributed by atoms with Crippen LogP contribution in [0.3, 0.4) is 0 Å². The summed E-state index contributed by atoms with van der Waals surface area (Å²) in [4.78, 5) is 15.4. The molecule has 0 bridgehead atoms. The molecule has 180 valence electrons. The highest BCUT2D eigenvalue weighted by Crippen LogP contribution is 2.30. The van der Waals surface area contributed by atoms with E-state index in [4.69, 9.17) is 21.1 Å². The van der Waals surface area contributed by atoms with Gasteiger partial charge in [0, 0.05) is 17.3 Å². The van der Waals surface area contributed by atoms with Gasteiger partial charge in [-0.25, -0.2) is 9.07 Å². The Balaban J connectivity index is 1.46. The monoisotopic (exact) mass is 493 g/mol. The van der Waals surface area contributed by atoms with E-state index in [0.29, 0.717) is 28.1 Å². The van der Waals surface area contributed by atoms with Crippen molar-refractivity contribution in [2.24, 2.45) is 0 Å². The van der Waals surface area contributed by atoms with Gasteiger partial charge in [-0.15, -0.1) is 10.2 Å². The average Bonchev–Trinajstić information content (AvgIpc) is 3.48. The molecule has 0 spiro atoms. The van der Waals surface area contributed by atoms with Gasteiger partial charge in [0.15, 0.2) is 5.69 Å². The fourth-order valence-corrected chi connectivity index (χ4v) is 4.61. The molecule has 1 aliphatic carbocycles. The molecule has 0 N–H and O–H groups in total. The van der Waals surface area contributed by atoms with Crippen LogP contribution in [0.15, 0.2) is 52.9 Å². The Hall–Kier alpha value is -3.52. The SMILES string of the molecule is CC(C)N(Cc1nnc(-c2ccccc2Cl)o1)C(=O)c1nn(-c2ccc(F)cc2)c2c1CCCC2. The van der Waals surface area contributed by atoms with Crippen LogP contribution >= 0.6 is 11.6 Å². The minimum absolute atomic E-state index is 0.131. The zero-order chi connectivity index (χ0) is 24.5. The van der Waals surface area contributed by atoms with Crippen molar-refractivity contribution in [2.75, 3.05) is 0 Å². The Kier molecular flexibility index (Phi) is 6.38. The van der Waals surface area contributed by atoms with E-state index in [0.717, 1.165) is 42.6 Å². The van der Waals surface area contributed by atoms with Crippen molar-refractivity contribution in [3.05, 3.63) is 82.2 Å². The molecule has 35 heavy (non-hydrogen) atoms. The first-order chi connectivity index (χ1) is 16.9. The van der Waals surface area contributed by atoms with Crippen molar-refractivity contribution in [3.63, 3.8) is 0 Å². The number of rotatable bonds is 6. The van der Waals surface area contributed by atoms with Crippen molar-refractivity contribution in [3.8, 4) is 17.1 Å². The Labute approximate surface area is 207 Å². The number of nitrogens with zero attached hydrogens (tertiary/aromatic N) is 5. The second-order valence-electron chi connectivity index (χ2n) is 8.88. The molecular weight excluding hydrogens is 469 g/mol. The van der Waals surface area contributed by atoms with Crippen LogP contribution < -0.4 is 0 Å². The second-order valence-corrected chi connectivity index (χ2v) is 9.28. The molecule has 9 heteroatoms. The van der Waals surface area contributed by atoms with Gasteiger partial charge in [0.1, 0.15) is 5.82 Å². The molecule has 0 aliphatic heterocycles. The van der Waals surface area contributed by atoms with Crippen LogP contribution in [-0.2, 0) is 19.4 Å². The third-order valence-electron chi connectivity index (χ3n) is 6.21. The standard InChI is InChI=1S/C26H25ClFN5O2/c1-16(2)32(15-23-29-30-25(35-23)19-7-3-5-9-21(19)27)26(34)24-20-8-4-6-10-22(20)33(31-24)18-13-11-17(28)12-14-18/h3,5,7,9,11-14,16H,4,6,8,10,15H2,1-2H3. The summed E-state index contributed by atoms with van der Waals surface area (Å²) in [5, 5.41) is 13.5. The van der Waals surface area contributed by atoms with E-state index < -0.39 is 0 Å². The zero-order valence-corrected chi connectivity index (χ0v) is 20.3. The highest BCUT2D eigenvalue weighted by Gasteiger charge is 2.30. The Morgan fingerprint density at radius 1 is 1.11 bits per heavy atom. The van der Waals surface area contributed by atoms with Gasteiger partial charge >= 0.3 is 0 Å². The predicted molar refractivity (Wildman–Crippen MR) is 130 cm³/mol. The summed E-state index contributed by atoms with van der Waals surface area (Å²) in [6, 6.07) is 13.3. The molecule has 4 aromatic rings. The fourth-order valence-electron chi connectivity index (χ4n) is 4.40. The number of benzene rings is 2. The number of halogens is 2. The summed E-state index contributed by atoms with van der Waals surface area (Å²) in [5.74, 6) is 0.109. The maximum absolute atomic E-state index is 13.8. The Morgan fingerprint density at radius 2 is 1.86 bits per heavy atom. The Bertz CT molecular complexity index is 1360. The highest BCUT2D eigenvalue weighted by molar-refractivity contribution is 6.33. The van der Waals surface area contributed by atoms with E-state index in [2.05, 4.69) is 10.2 Å². The summed E-state index contributed by atoms with van der Waals surface area (Å²) in [7, 11) is 0. The lowest BCUT2D eigenvalue weighted by atomic mass is 9.95. The largest absolute Gasteiger partial charge is 0.419 e. The van der Waals surface area contributed by atoms with Crippen LogP contribution in [0.2, 0.25) is 5.02 Å². The van der Waals surface area contributed by atoms with Crippen LogP contribution in [0, 0.1) is 5.82 Å². The summed E-state index contributed by atoms with van der Waals surface area (Å²) >= 11 is 6.26. The number of carbonyl (C=O) groups excluding carboxylic acids is 1. The van der Waals surface area contributed by atoms with Crippen LogP contribution in [0.4, 0.5) is 4.39 Å². The minimum Gasteiger partial charge on any atom is -0.419 e. The van der Waals surface area contributed by atoms with Crippen LogP contribution in [-0.4, -0.2) is 36.8 Å². The number of aromatic nitrogens is 4. The number of fused-ring (bicyclic) bond motifs is 1. The average molecular weight is 494 g/mol. The van der Waals surface area contributed by atoms with Crippen LogP contribution in [0.25, 0.3) is 17.1 Å². The van der Waals surface area contributed by atoms with Crippen LogP contribution in [0.5, 0.6) is 0 Å². The van der Waals surface area contributed by atoms with Gasteiger partial charge in [0.2, 0.25) is 11.8 Å². The van der Waals surface area contributed by atoms with E-state index in [-0.39, 0.29) is 24.3 Å². The minimum atomic E-state index is -0.312. The first kappa shape index (κ1) is 23.2. The van der Waals surface area contributed by atoms with Crippen LogP contribution in [0.1, 0.15) is 54.3 Å². The van der Waals surface area contributed by atoms with E-state index in [9.17, 15) is 9.18 Å². The Morgan fingerprint density at radius 3 is 2.60 bits per heavy atom. The fraction of sp³-hybridized carbons (Fsp3) is 0.308. The van der Waals surface area contributed by atoms with E-state index >= 15 is 0 Å². The molecule has 7 nitrogen and oxygen atoms in total. The molecule has 0 atom stereocenters. The quantitative estimate of drug-likeness (QED) is 0.347. The third-order valence-corrected chi connectivity index (χ3v) is 6.54. The predicted octanol–water partition coefficient (Wildman–Crippen LogP) is 5.64.